The molecule has 0 aliphatic carbocycles. The average molecular weight is 329 g/mol. The van der Waals surface area contributed by atoms with E-state index in [0.717, 1.165) is 5.56 Å². The maximum Gasteiger partial charge on any atom is 0.244 e. The first-order chi connectivity index (χ1) is 11.6. The monoisotopic (exact) mass is 329 g/mol. The number of halogens is 1. The number of benzene rings is 2. The number of hydrogen-bond donors (Lipinski definition) is 1. The second-order valence-electron chi connectivity index (χ2n) is 5.07. The van der Waals surface area contributed by atoms with Gasteiger partial charge in [0, 0.05) is 24.3 Å². The fraction of sp³-hybridized carbons (Fsp3) is 0.211. The topological polar surface area (TPSA) is 47.6 Å². The maximum atomic E-state index is 13.5. The third kappa shape index (κ3) is 4.84. The van der Waals surface area contributed by atoms with E-state index in [-0.39, 0.29) is 11.7 Å². The highest BCUT2D eigenvalue weighted by Crippen LogP contribution is 2.25. The van der Waals surface area contributed by atoms with Crippen LogP contribution in [0, 0.1) is 5.82 Å². The summed E-state index contributed by atoms with van der Waals surface area (Å²) in [6, 6.07) is 11.9. The van der Waals surface area contributed by atoms with Gasteiger partial charge in [0.2, 0.25) is 5.91 Å². The quantitative estimate of drug-likeness (QED) is 0.794. The van der Waals surface area contributed by atoms with Crippen LogP contribution in [0.5, 0.6) is 11.5 Å². The van der Waals surface area contributed by atoms with E-state index >= 15 is 0 Å². The van der Waals surface area contributed by atoms with Crippen LogP contribution in [-0.2, 0) is 11.2 Å². The molecular weight excluding hydrogens is 309 g/mol. The molecule has 1 amide bonds. The summed E-state index contributed by atoms with van der Waals surface area (Å²) in [5, 5.41) is 2.73. The Hall–Kier alpha value is -2.82. The number of hydrogen-bond acceptors (Lipinski definition) is 3. The van der Waals surface area contributed by atoms with Crippen molar-refractivity contribution in [3.05, 3.63) is 65.5 Å². The van der Waals surface area contributed by atoms with Gasteiger partial charge in [-0.2, -0.15) is 0 Å². The molecule has 0 aliphatic heterocycles. The van der Waals surface area contributed by atoms with Crippen molar-refractivity contribution in [2.75, 3.05) is 20.8 Å². The zero-order valence-corrected chi connectivity index (χ0v) is 13.7. The van der Waals surface area contributed by atoms with Crippen molar-refractivity contribution in [3.8, 4) is 11.5 Å². The van der Waals surface area contributed by atoms with Crippen molar-refractivity contribution < 1.29 is 18.7 Å². The highest BCUT2D eigenvalue weighted by Gasteiger charge is 2.04. The molecule has 0 aliphatic rings. The van der Waals surface area contributed by atoms with Crippen LogP contribution in [0.3, 0.4) is 0 Å². The molecule has 0 unspecified atom stereocenters. The number of nitrogens with one attached hydrogen (secondary N) is 1. The maximum absolute atomic E-state index is 13.5. The molecule has 24 heavy (non-hydrogen) atoms. The number of rotatable bonds is 7. The van der Waals surface area contributed by atoms with Crippen molar-refractivity contribution in [2.24, 2.45) is 0 Å². The second-order valence-corrected chi connectivity index (χ2v) is 5.07. The minimum Gasteiger partial charge on any atom is -0.497 e. The largest absolute Gasteiger partial charge is 0.497 e. The third-order valence-corrected chi connectivity index (χ3v) is 3.51. The highest BCUT2D eigenvalue weighted by atomic mass is 19.1. The molecule has 0 radical (unpaired) electrons. The average Bonchev–Trinajstić information content (AvgIpc) is 2.61. The Morgan fingerprint density at radius 2 is 1.96 bits per heavy atom. The number of carbonyl (C=O) groups excluding carboxylic acids is 1. The molecule has 5 heteroatoms. The van der Waals surface area contributed by atoms with Crippen LogP contribution in [0.2, 0.25) is 0 Å². The summed E-state index contributed by atoms with van der Waals surface area (Å²) in [5.41, 5.74) is 1.35. The van der Waals surface area contributed by atoms with E-state index in [1.807, 2.05) is 0 Å². The summed E-state index contributed by atoms with van der Waals surface area (Å²) in [6.45, 7) is 0.365. The van der Waals surface area contributed by atoms with E-state index in [0.29, 0.717) is 30.0 Å². The van der Waals surface area contributed by atoms with Gasteiger partial charge in [-0.15, -0.1) is 0 Å². The molecule has 0 atom stereocenters. The van der Waals surface area contributed by atoms with Crippen molar-refractivity contribution in [2.45, 2.75) is 6.42 Å². The van der Waals surface area contributed by atoms with Gasteiger partial charge in [0.15, 0.2) is 0 Å². The predicted octanol–water partition coefficient (Wildman–Crippen LogP) is 3.22. The zero-order valence-electron chi connectivity index (χ0n) is 13.7. The molecule has 0 bridgehead atoms. The van der Waals surface area contributed by atoms with Crippen molar-refractivity contribution in [1.82, 2.24) is 5.32 Å². The zero-order chi connectivity index (χ0) is 17.4. The van der Waals surface area contributed by atoms with E-state index in [9.17, 15) is 9.18 Å². The Kier molecular flexibility index (Phi) is 6.37. The minimum absolute atomic E-state index is 0.246. The number of amides is 1. The molecule has 0 saturated heterocycles. The van der Waals surface area contributed by atoms with Crippen molar-refractivity contribution in [3.63, 3.8) is 0 Å². The molecule has 0 fully saturated rings. The molecule has 1 N–H and O–H groups in total. The molecule has 126 valence electrons. The summed E-state index contributed by atoms with van der Waals surface area (Å²) < 4.78 is 23.9. The van der Waals surface area contributed by atoms with Crippen LogP contribution in [-0.4, -0.2) is 26.7 Å². The summed E-state index contributed by atoms with van der Waals surface area (Å²) in [4.78, 5) is 11.9. The fourth-order valence-electron chi connectivity index (χ4n) is 2.20. The molecule has 2 aromatic carbocycles. The molecule has 2 aromatic rings. The summed E-state index contributed by atoms with van der Waals surface area (Å²) >= 11 is 0. The highest BCUT2D eigenvalue weighted by molar-refractivity contribution is 5.92. The number of ether oxygens (including phenoxy) is 2. The molecule has 0 heterocycles. The van der Waals surface area contributed by atoms with Crippen LogP contribution in [0.4, 0.5) is 4.39 Å². The van der Waals surface area contributed by atoms with Crippen LogP contribution in [0.25, 0.3) is 6.08 Å². The van der Waals surface area contributed by atoms with E-state index in [1.165, 1.54) is 12.1 Å². The molecular formula is C19H20FNO3. The lowest BCUT2D eigenvalue weighted by Gasteiger charge is -2.07. The fourth-order valence-corrected chi connectivity index (χ4v) is 2.20. The Morgan fingerprint density at radius 1 is 1.17 bits per heavy atom. The van der Waals surface area contributed by atoms with Crippen LogP contribution >= 0.6 is 0 Å². The van der Waals surface area contributed by atoms with Gasteiger partial charge in [-0.25, -0.2) is 4.39 Å². The van der Waals surface area contributed by atoms with Crippen LogP contribution < -0.4 is 14.8 Å². The Bertz CT molecular complexity index is 728. The van der Waals surface area contributed by atoms with Gasteiger partial charge in [0.25, 0.3) is 0 Å². The molecule has 0 saturated carbocycles. The number of carbonyl (C=O) groups is 1. The van der Waals surface area contributed by atoms with E-state index in [1.54, 1.807) is 56.7 Å². The van der Waals surface area contributed by atoms with Gasteiger partial charge < -0.3 is 14.8 Å². The third-order valence-electron chi connectivity index (χ3n) is 3.51. The first kappa shape index (κ1) is 17.5. The van der Waals surface area contributed by atoms with Gasteiger partial charge in [0.1, 0.15) is 17.3 Å². The first-order valence-corrected chi connectivity index (χ1v) is 7.55. The second kappa shape index (κ2) is 8.72. The van der Waals surface area contributed by atoms with E-state index < -0.39 is 0 Å². The summed E-state index contributed by atoms with van der Waals surface area (Å²) in [7, 11) is 3.13. The van der Waals surface area contributed by atoms with Gasteiger partial charge in [0.05, 0.1) is 14.2 Å². The van der Waals surface area contributed by atoms with Crippen LogP contribution in [0.15, 0.2) is 48.5 Å². The van der Waals surface area contributed by atoms with Crippen molar-refractivity contribution in [1.29, 1.82) is 0 Å². The van der Waals surface area contributed by atoms with Gasteiger partial charge in [-0.1, -0.05) is 18.2 Å². The molecule has 0 spiro atoms. The first-order valence-electron chi connectivity index (χ1n) is 7.55. The smallest absolute Gasteiger partial charge is 0.244 e. The van der Waals surface area contributed by atoms with E-state index in [2.05, 4.69) is 5.32 Å². The lowest BCUT2D eigenvalue weighted by molar-refractivity contribution is -0.116. The predicted molar refractivity (Wildman–Crippen MR) is 91.7 cm³/mol. The SMILES string of the molecule is COc1ccc(/C=C/C(=O)NCCc2ccccc2F)c(OC)c1. The Balaban J connectivity index is 1.90. The van der Waals surface area contributed by atoms with Gasteiger partial charge >= 0.3 is 0 Å². The van der Waals surface area contributed by atoms with Gasteiger partial charge in [-0.05, 0) is 36.3 Å². The summed E-state index contributed by atoms with van der Waals surface area (Å²) in [5.74, 6) is 0.789. The Morgan fingerprint density at radius 3 is 2.67 bits per heavy atom. The molecule has 0 aromatic heterocycles. The lowest BCUT2D eigenvalue weighted by atomic mass is 10.1. The van der Waals surface area contributed by atoms with Crippen LogP contribution in [0.1, 0.15) is 11.1 Å². The lowest BCUT2D eigenvalue weighted by Crippen LogP contribution is -2.23. The minimum atomic E-state index is -0.259. The van der Waals surface area contributed by atoms with Gasteiger partial charge in [-0.3, -0.25) is 4.79 Å². The molecule has 4 nitrogen and oxygen atoms in total. The standard InChI is InChI=1S/C19H20FNO3/c1-23-16-9-7-15(18(13-16)24-2)8-10-19(22)21-12-11-14-5-3-4-6-17(14)20/h3-10,13H,11-12H2,1-2H3,(H,21,22)/b10-8+. The van der Waals surface area contributed by atoms with E-state index in [4.69, 9.17) is 9.47 Å². The summed E-state index contributed by atoms with van der Waals surface area (Å²) in [6.07, 6.45) is 3.53. The normalized spacial score (nSPS) is 10.6. The van der Waals surface area contributed by atoms with Crippen molar-refractivity contribution >= 4 is 12.0 Å². The molecule has 2 rings (SSSR count). The number of methoxy groups -OCH3 is 2. The Labute approximate surface area is 140 Å².